The summed E-state index contributed by atoms with van der Waals surface area (Å²) in [5, 5.41) is 10.1. The Kier molecular flexibility index (Phi) is 3.97. The summed E-state index contributed by atoms with van der Waals surface area (Å²) in [4.78, 5) is 20.5. The van der Waals surface area contributed by atoms with E-state index in [9.17, 15) is 9.59 Å². The Morgan fingerprint density at radius 2 is 2.27 bits per heavy atom. The molecule has 0 fully saturated rings. The molecule has 0 aromatic rings. The van der Waals surface area contributed by atoms with E-state index in [2.05, 4.69) is 4.74 Å². The topological polar surface area (TPSA) is 102 Å². The van der Waals surface area contributed by atoms with Gasteiger partial charge in [0.1, 0.15) is 0 Å². The van der Waals surface area contributed by atoms with Crippen LogP contribution >= 0.6 is 0 Å². The smallest absolute Gasteiger partial charge is 0.408 e. The molecule has 6 nitrogen and oxygen atoms in total. The molecule has 0 aromatic carbocycles. The molecule has 0 heterocycles. The molecule has 1 atom stereocenters. The number of alkyl carbamates (subject to hydrolysis) is 1. The molecule has 1 amide bonds. The van der Waals surface area contributed by atoms with E-state index in [0.717, 1.165) is 0 Å². The number of nitrogens with one attached hydrogen (secondary N) is 1. The summed E-state index contributed by atoms with van der Waals surface area (Å²) >= 11 is 0. The highest BCUT2D eigenvalue weighted by Gasteiger charge is 2.14. The number of hydrogen-bond donors (Lipinski definition) is 3. The van der Waals surface area contributed by atoms with Crippen molar-refractivity contribution in [2.24, 2.45) is 5.73 Å². The number of carbonyl (C=O) groups excluding carboxylic acids is 1. The maximum atomic E-state index is 10.5. The molecule has 0 spiro atoms. The minimum absolute atomic E-state index is 0.179. The molecule has 0 saturated carbocycles. The van der Waals surface area contributed by atoms with Crippen molar-refractivity contribution in [3.8, 4) is 0 Å². The lowest BCUT2D eigenvalue weighted by atomic mass is 10.5. The number of aliphatic carboxylic acids is 1. The van der Waals surface area contributed by atoms with Crippen molar-refractivity contribution < 1.29 is 19.4 Å². The van der Waals surface area contributed by atoms with Crippen LogP contribution in [0.5, 0.6) is 0 Å². The number of carboxylic acid groups (broad SMARTS) is 1. The summed E-state index contributed by atoms with van der Waals surface area (Å²) in [5.41, 5.74) is 4.94. The van der Waals surface area contributed by atoms with E-state index >= 15 is 0 Å². The highest BCUT2D eigenvalue weighted by Crippen LogP contribution is 1.78. The van der Waals surface area contributed by atoms with Crippen molar-refractivity contribution in [3.63, 3.8) is 0 Å². The van der Waals surface area contributed by atoms with Crippen molar-refractivity contribution in [1.29, 1.82) is 0 Å². The summed E-state index contributed by atoms with van der Waals surface area (Å²) in [7, 11) is 0. The summed E-state index contributed by atoms with van der Waals surface area (Å²) in [6.45, 7) is 1.78. The van der Waals surface area contributed by atoms with Crippen LogP contribution in [-0.4, -0.2) is 29.9 Å². The van der Waals surface area contributed by atoms with Gasteiger partial charge in [0, 0.05) is 0 Å². The number of hydrogen-bond acceptors (Lipinski definition) is 4. The molecule has 1 unspecified atom stereocenters. The molecule has 0 aromatic heterocycles. The fourth-order valence-corrected chi connectivity index (χ4v) is 0.361. The second-order valence-electron chi connectivity index (χ2n) is 1.68. The van der Waals surface area contributed by atoms with Gasteiger partial charge in [0.25, 0.3) is 0 Å². The van der Waals surface area contributed by atoms with Gasteiger partial charge in [-0.05, 0) is 6.92 Å². The third kappa shape index (κ3) is 4.15. The van der Waals surface area contributed by atoms with Crippen molar-refractivity contribution in [3.05, 3.63) is 0 Å². The van der Waals surface area contributed by atoms with Crippen LogP contribution in [0.1, 0.15) is 6.92 Å². The lowest BCUT2D eigenvalue weighted by molar-refractivity contribution is -0.139. The van der Waals surface area contributed by atoms with E-state index in [4.69, 9.17) is 10.8 Å². The van der Waals surface area contributed by atoms with Gasteiger partial charge < -0.3 is 15.6 Å². The summed E-state index contributed by atoms with van der Waals surface area (Å²) in [6.07, 6.45) is -2.24. The van der Waals surface area contributed by atoms with E-state index in [1.807, 2.05) is 5.32 Å². The van der Waals surface area contributed by atoms with Crippen molar-refractivity contribution in [2.75, 3.05) is 6.61 Å². The maximum absolute atomic E-state index is 10.5. The van der Waals surface area contributed by atoms with Crippen molar-refractivity contribution >= 4 is 12.1 Å². The minimum Gasteiger partial charge on any atom is -0.479 e. The Bertz CT molecular complexity index is 159. The first-order chi connectivity index (χ1) is 5.07. The van der Waals surface area contributed by atoms with Crippen molar-refractivity contribution in [1.82, 2.24) is 5.32 Å². The summed E-state index contributed by atoms with van der Waals surface area (Å²) in [5.74, 6) is -1.31. The molecule has 6 heteroatoms. The quantitative estimate of drug-likeness (QED) is 0.467. The van der Waals surface area contributed by atoms with E-state index < -0.39 is 18.2 Å². The van der Waals surface area contributed by atoms with Gasteiger partial charge in [0.2, 0.25) is 0 Å². The predicted octanol–water partition coefficient (Wildman–Crippen LogP) is -0.898. The van der Waals surface area contributed by atoms with Gasteiger partial charge in [0.15, 0.2) is 6.17 Å². The largest absolute Gasteiger partial charge is 0.479 e. The molecule has 64 valence electrons. The number of nitrogens with two attached hydrogens (primary N) is 1. The number of ether oxygens (including phenoxy) is 1. The highest BCUT2D eigenvalue weighted by molar-refractivity contribution is 5.79. The Balaban J connectivity index is 3.66. The lowest BCUT2D eigenvalue weighted by Crippen LogP contribution is -2.47. The molecule has 0 radical (unpaired) electrons. The molecule has 0 aliphatic rings. The third-order valence-corrected chi connectivity index (χ3v) is 0.815. The first kappa shape index (κ1) is 9.70. The van der Waals surface area contributed by atoms with Crippen LogP contribution in [0.3, 0.4) is 0 Å². The van der Waals surface area contributed by atoms with E-state index in [1.165, 1.54) is 0 Å². The van der Waals surface area contributed by atoms with Gasteiger partial charge in [-0.1, -0.05) is 0 Å². The molecular formula is C5H10N2O4. The first-order valence-corrected chi connectivity index (χ1v) is 2.99. The van der Waals surface area contributed by atoms with Crippen LogP contribution in [0, 0.1) is 0 Å². The molecule has 11 heavy (non-hydrogen) atoms. The lowest BCUT2D eigenvalue weighted by Gasteiger charge is -2.07. The Labute approximate surface area is 63.3 Å². The summed E-state index contributed by atoms with van der Waals surface area (Å²) in [6, 6.07) is 0. The predicted molar refractivity (Wildman–Crippen MR) is 35.8 cm³/mol. The molecule has 0 bridgehead atoms. The SMILES string of the molecule is CCOC(=O)NC(N)C(=O)O. The Morgan fingerprint density at radius 1 is 1.73 bits per heavy atom. The molecule has 0 rings (SSSR count). The van der Waals surface area contributed by atoms with Crippen LogP contribution < -0.4 is 11.1 Å². The second kappa shape index (κ2) is 4.51. The van der Waals surface area contributed by atoms with Crippen LogP contribution in [0.4, 0.5) is 4.79 Å². The highest BCUT2D eigenvalue weighted by atomic mass is 16.5. The van der Waals surface area contributed by atoms with E-state index in [-0.39, 0.29) is 6.61 Å². The molecule has 0 aliphatic carbocycles. The normalized spacial score (nSPS) is 11.8. The van der Waals surface area contributed by atoms with Gasteiger partial charge in [-0.25, -0.2) is 9.59 Å². The van der Waals surface area contributed by atoms with Crippen LogP contribution in [0.15, 0.2) is 0 Å². The average Bonchev–Trinajstić information content (AvgIpc) is 1.87. The summed E-state index contributed by atoms with van der Waals surface area (Å²) < 4.78 is 4.37. The zero-order chi connectivity index (χ0) is 8.85. The fraction of sp³-hybridized carbons (Fsp3) is 0.600. The van der Waals surface area contributed by atoms with Crippen LogP contribution in [-0.2, 0) is 9.53 Å². The van der Waals surface area contributed by atoms with Gasteiger partial charge in [-0.3, -0.25) is 5.32 Å². The van der Waals surface area contributed by atoms with Gasteiger partial charge >= 0.3 is 12.1 Å². The number of rotatable bonds is 3. The van der Waals surface area contributed by atoms with E-state index in [0.29, 0.717) is 0 Å². The van der Waals surface area contributed by atoms with E-state index in [1.54, 1.807) is 6.92 Å². The zero-order valence-electron chi connectivity index (χ0n) is 6.03. The van der Waals surface area contributed by atoms with Gasteiger partial charge in [-0.15, -0.1) is 0 Å². The van der Waals surface area contributed by atoms with Gasteiger partial charge in [-0.2, -0.15) is 0 Å². The van der Waals surface area contributed by atoms with Crippen LogP contribution in [0.25, 0.3) is 0 Å². The third-order valence-electron chi connectivity index (χ3n) is 0.815. The average molecular weight is 162 g/mol. The molecule has 0 aliphatic heterocycles. The standard InChI is InChI=1S/C5H10N2O4/c1-2-11-5(10)7-3(6)4(8)9/h3H,2,6H2,1H3,(H,7,10)(H,8,9). The van der Waals surface area contributed by atoms with Crippen LogP contribution in [0.2, 0.25) is 0 Å². The Hall–Kier alpha value is -1.30. The fourth-order valence-electron chi connectivity index (χ4n) is 0.361. The Morgan fingerprint density at radius 3 is 2.64 bits per heavy atom. The second-order valence-corrected chi connectivity index (χ2v) is 1.68. The number of amides is 1. The molecular weight excluding hydrogens is 152 g/mol. The first-order valence-electron chi connectivity index (χ1n) is 2.99. The zero-order valence-corrected chi connectivity index (χ0v) is 6.03. The number of carbonyl (C=O) groups is 2. The molecule has 0 saturated heterocycles. The molecule has 4 N–H and O–H groups in total. The van der Waals surface area contributed by atoms with Crippen molar-refractivity contribution in [2.45, 2.75) is 13.1 Å². The number of carboxylic acids is 1. The monoisotopic (exact) mass is 162 g/mol. The minimum atomic E-state index is -1.41. The maximum Gasteiger partial charge on any atom is 0.408 e. The van der Waals surface area contributed by atoms with Gasteiger partial charge in [0.05, 0.1) is 6.61 Å².